The molecule has 1 aromatic rings. The standard InChI is InChI=1S/C9H10Br2N2S/c1-9(3-2-4-14-9)8-12-6(10)5-7(11)13-8/h5H,2-4H2,1H3. The second-order valence-corrected chi connectivity index (χ2v) is 6.74. The molecule has 0 N–H and O–H groups in total. The number of thioether (sulfide) groups is 1. The van der Waals surface area contributed by atoms with Gasteiger partial charge in [-0.2, -0.15) is 0 Å². The van der Waals surface area contributed by atoms with Crippen molar-refractivity contribution in [2.75, 3.05) is 5.75 Å². The van der Waals surface area contributed by atoms with E-state index in [1.54, 1.807) is 0 Å². The third kappa shape index (κ3) is 2.14. The van der Waals surface area contributed by atoms with Crippen molar-refractivity contribution in [3.63, 3.8) is 0 Å². The van der Waals surface area contributed by atoms with Crippen LogP contribution in [0.2, 0.25) is 0 Å². The first-order chi connectivity index (χ1) is 6.60. The van der Waals surface area contributed by atoms with Crippen LogP contribution in [0.1, 0.15) is 25.6 Å². The normalized spacial score (nSPS) is 26.8. The van der Waals surface area contributed by atoms with E-state index in [1.165, 1.54) is 18.6 Å². The molecule has 0 radical (unpaired) electrons. The molecule has 2 rings (SSSR count). The first-order valence-electron chi connectivity index (χ1n) is 4.45. The first-order valence-corrected chi connectivity index (χ1v) is 7.02. The smallest absolute Gasteiger partial charge is 0.146 e. The molecule has 76 valence electrons. The number of rotatable bonds is 1. The van der Waals surface area contributed by atoms with E-state index in [9.17, 15) is 0 Å². The van der Waals surface area contributed by atoms with Crippen molar-refractivity contribution in [3.8, 4) is 0 Å². The van der Waals surface area contributed by atoms with Crippen LogP contribution in [0, 0.1) is 0 Å². The van der Waals surface area contributed by atoms with Gasteiger partial charge in [-0.05, 0) is 57.4 Å². The van der Waals surface area contributed by atoms with Gasteiger partial charge in [0.25, 0.3) is 0 Å². The fourth-order valence-corrected chi connectivity index (χ4v) is 3.91. The zero-order chi connectivity index (χ0) is 10.2. The molecule has 0 aromatic carbocycles. The second kappa shape index (κ2) is 4.10. The Bertz CT molecular complexity index is 330. The molecule has 1 saturated heterocycles. The molecule has 0 saturated carbocycles. The third-order valence-corrected chi connectivity index (χ3v) is 4.68. The van der Waals surface area contributed by atoms with E-state index in [-0.39, 0.29) is 4.75 Å². The number of aromatic nitrogens is 2. The van der Waals surface area contributed by atoms with Crippen molar-refractivity contribution in [1.29, 1.82) is 0 Å². The van der Waals surface area contributed by atoms with Gasteiger partial charge in [0.05, 0.1) is 4.75 Å². The average molecular weight is 338 g/mol. The predicted molar refractivity (Wildman–Crippen MR) is 66.5 cm³/mol. The summed E-state index contributed by atoms with van der Waals surface area (Å²) in [6.07, 6.45) is 2.43. The van der Waals surface area contributed by atoms with Crippen LogP contribution < -0.4 is 0 Å². The molecule has 0 spiro atoms. The summed E-state index contributed by atoms with van der Waals surface area (Å²) in [5.74, 6) is 2.14. The summed E-state index contributed by atoms with van der Waals surface area (Å²) in [5, 5.41) is 0. The highest BCUT2D eigenvalue weighted by atomic mass is 79.9. The molecule has 5 heteroatoms. The van der Waals surface area contributed by atoms with Crippen molar-refractivity contribution in [2.45, 2.75) is 24.5 Å². The van der Waals surface area contributed by atoms with Gasteiger partial charge in [-0.1, -0.05) is 0 Å². The number of hydrogen-bond acceptors (Lipinski definition) is 3. The minimum Gasteiger partial charge on any atom is -0.224 e. The summed E-state index contributed by atoms with van der Waals surface area (Å²) in [4.78, 5) is 8.88. The SMILES string of the molecule is CC1(c2nc(Br)cc(Br)n2)CCCS1. The Morgan fingerprint density at radius 3 is 2.50 bits per heavy atom. The molecular formula is C9H10Br2N2S. The Kier molecular flexibility index (Phi) is 3.19. The lowest BCUT2D eigenvalue weighted by Crippen LogP contribution is -2.17. The van der Waals surface area contributed by atoms with Crippen LogP contribution in [0.25, 0.3) is 0 Å². The van der Waals surface area contributed by atoms with E-state index in [4.69, 9.17) is 0 Å². The van der Waals surface area contributed by atoms with Crippen LogP contribution in [0.3, 0.4) is 0 Å². The Balaban J connectivity index is 2.40. The van der Waals surface area contributed by atoms with Crippen molar-refractivity contribution in [3.05, 3.63) is 21.1 Å². The highest BCUT2D eigenvalue weighted by Crippen LogP contribution is 2.45. The van der Waals surface area contributed by atoms with Gasteiger partial charge in [0.1, 0.15) is 15.0 Å². The van der Waals surface area contributed by atoms with Crippen LogP contribution >= 0.6 is 43.6 Å². The molecule has 0 amide bonds. The Morgan fingerprint density at radius 2 is 2.00 bits per heavy atom. The maximum atomic E-state index is 4.44. The Morgan fingerprint density at radius 1 is 1.36 bits per heavy atom. The van der Waals surface area contributed by atoms with Crippen LogP contribution in [-0.2, 0) is 4.75 Å². The molecule has 1 aromatic heterocycles. The van der Waals surface area contributed by atoms with Gasteiger partial charge in [-0.15, -0.1) is 11.8 Å². The molecule has 1 unspecified atom stereocenters. The van der Waals surface area contributed by atoms with E-state index in [0.717, 1.165) is 15.0 Å². The summed E-state index contributed by atoms with van der Waals surface area (Å²) in [7, 11) is 0. The minimum absolute atomic E-state index is 0.103. The monoisotopic (exact) mass is 336 g/mol. The lowest BCUT2D eigenvalue weighted by Gasteiger charge is -2.20. The van der Waals surface area contributed by atoms with Crippen LogP contribution in [-0.4, -0.2) is 15.7 Å². The zero-order valence-electron chi connectivity index (χ0n) is 7.76. The lowest BCUT2D eigenvalue weighted by molar-refractivity contribution is 0.600. The fraction of sp³-hybridized carbons (Fsp3) is 0.556. The van der Waals surface area contributed by atoms with Crippen LogP contribution in [0.15, 0.2) is 15.3 Å². The number of halogens is 2. The van der Waals surface area contributed by atoms with E-state index in [0.29, 0.717) is 0 Å². The van der Waals surface area contributed by atoms with E-state index >= 15 is 0 Å². The van der Waals surface area contributed by atoms with Gasteiger partial charge in [0.15, 0.2) is 0 Å². The summed E-state index contributed by atoms with van der Waals surface area (Å²) >= 11 is 8.74. The van der Waals surface area contributed by atoms with Crippen molar-refractivity contribution in [2.24, 2.45) is 0 Å². The molecule has 14 heavy (non-hydrogen) atoms. The van der Waals surface area contributed by atoms with Gasteiger partial charge < -0.3 is 0 Å². The molecule has 2 heterocycles. The fourth-order valence-electron chi connectivity index (χ4n) is 1.58. The van der Waals surface area contributed by atoms with Crippen molar-refractivity contribution >= 4 is 43.6 Å². The van der Waals surface area contributed by atoms with E-state index < -0.39 is 0 Å². The second-order valence-electron chi connectivity index (χ2n) is 3.52. The largest absolute Gasteiger partial charge is 0.224 e. The summed E-state index contributed by atoms with van der Waals surface area (Å²) in [6.45, 7) is 2.22. The summed E-state index contributed by atoms with van der Waals surface area (Å²) in [6, 6.07) is 1.87. The molecule has 2 nitrogen and oxygen atoms in total. The van der Waals surface area contributed by atoms with Gasteiger partial charge in [0.2, 0.25) is 0 Å². The molecule has 1 aliphatic heterocycles. The van der Waals surface area contributed by atoms with Crippen LogP contribution in [0.5, 0.6) is 0 Å². The highest BCUT2D eigenvalue weighted by Gasteiger charge is 2.34. The van der Waals surface area contributed by atoms with Gasteiger partial charge >= 0.3 is 0 Å². The Labute approximate surface area is 105 Å². The van der Waals surface area contributed by atoms with Crippen molar-refractivity contribution < 1.29 is 0 Å². The third-order valence-electron chi connectivity index (χ3n) is 2.36. The van der Waals surface area contributed by atoms with E-state index in [1.807, 2.05) is 17.8 Å². The van der Waals surface area contributed by atoms with Gasteiger partial charge in [-0.3, -0.25) is 0 Å². The summed E-state index contributed by atoms with van der Waals surface area (Å²) < 4.78 is 1.80. The highest BCUT2D eigenvalue weighted by molar-refractivity contribution is 9.11. The van der Waals surface area contributed by atoms with Crippen LogP contribution in [0.4, 0.5) is 0 Å². The molecule has 0 aliphatic carbocycles. The molecular weight excluding hydrogens is 328 g/mol. The molecule has 1 fully saturated rings. The number of hydrogen-bond donors (Lipinski definition) is 0. The maximum absolute atomic E-state index is 4.44. The zero-order valence-corrected chi connectivity index (χ0v) is 11.7. The lowest BCUT2D eigenvalue weighted by atomic mass is 10.1. The van der Waals surface area contributed by atoms with Crippen molar-refractivity contribution in [1.82, 2.24) is 9.97 Å². The molecule has 1 aliphatic rings. The van der Waals surface area contributed by atoms with Gasteiger partial charge in [-0.25, -0.2) is 9.97 Å². The first kappa shape index (κ1) is 10.9. The Hall–Kier alpha value is 0.390. The minimum atomic E-state index is 0.103. The van der Waals surface area contributed by atoms with E-state index in [2.05, 4.69) is 48.8 Å². The predicted octanol–water partition coefficient (Wildman–Crippen LogP) is 3.74. The van der Waals surface area contributed by atoms with Gasteiger partial charge in [0, 0.05) is 6.07 Å². The summed E-state index contributed by atoms with van der Waals surface area (Å²) in [5.41, 5.74) is 0. The topological polar surface area (TPSA) is 25.8 Å². The molecule has 1 atom stereocenters. The average Bonchev–Trinajstić information content (AvgIpc) is 2.52. The quantitative estimate of drug-likeness (QED) is 0.730. The molecule has 0 bridgehead atoms. The maximum Gasteiger partial charge on any atom is 0.146 e. The number of nitrogens with zero attached hydrogens (tertiary/aromatic N) is 2.